The first kappa shape index (κ1) is 17.7. The second-order valence-electron chi connectivity index (χ2n) is 6.73. The fourth-order valence-corrected chi connectivity index (χ4v) is 4.71. The van der Waals surface area contributed by atoms with E-state index in [1.807, 2.05) is 18.5 Å². The maximum Gasteiger partial charge on any atom is 0.190 e. The number of thiophene rings is 1. The SMILES string of the molecule is CC[C@@]1(C)Cc2c(sc3nc(SC)nc(NCc4cccnc4)c23)CO1. The van der Waals surface area contributed by atoms with Gasteiger partial charge in [-0.3, -0.25) is 4.98 Å². The van der Waals surface area contributed by atoms with Crippen molar-refractivity contribution in [2.75, 3.05) is 11.6 Å². The van der Waals surface area contributed by atoms with E-state index in [0.29, 0.717) is 13.2 Å². The molecule has 0 saturated carbocycles. The summed E-state index contributed by atoms with van der Waals surface area (Å²) < 4.78 is 6.12. The van der Waals surface area contributed by atoms with Crippen molar-refractivity contribution in [2.45, 2.75) is 50.6 Å². The molecule has 0 unspecified atom stereocenters. The lowest BCUT2D eigenvalue weighted by Crippen LogP contribution is -2.33. The lowest BCUT2D eigenvalue weighted by Gasteiger charge is -2.33. The Hall–Kier alpha value is -1.70. The van der Waals surface area contributed by atoms with Gasteiger partial charge in [0.05, 0.1) is 17.6 Å². The van der Waals surface area contributed by atoms with Gasteiger partial charge in [-0.25, -0.2) is 9.97 Å². The number of hydrogen-bond acceptors (Lipinski definition) is 7. The van der Waals surface area contributed by atoms with E-state index in [2.05, 4.69) is 30.2 Å². The highest BCUT2D eigenvalue weighted by Crippen LogP contribution is 2.42. The van der Waals surface area contributed by atoms with Crippen LogP contribution in [0.4, 0.5) is 5.82 Å². The molecule has 1 aliphatic heterocycles. The zero-order chi connectivity index (χ0) is 18.1. The van der Waals surface area contributed by atoms with E-state index in [1.54, 1.807) is 29.3 Å². The van der Waals surface area contributed by atoms with E-state index in [1.165, 1.54) is 10.4 Å². The molecule has 0 spiro atoms. The number of nitrogens with zero attached hydrogens (tertiary/aromatic N) is 3. The van der Waals surface area contributed by atoms with Crippen molar-refractivity contribution in [3.8, 4) is 0 Å². The molecule has 26 heavy (non-hydrogen) atoms. The summed E-state index contributed by atoms with van der Waals surface area (Å²) >= 11 is 3.31. The number of hydrogen-bond donors (Lipinski definition) is 1. The van der Waals surface area contributed by atoms with Gasteiger partial charge in [0, 0.05) is 30.2 Å². The van der Waals surface area contributed by atoms with Crippen LogP contribution in [-0.4, -0.2) is 26.8 Å². The highest BCUT2D eigenvalue weighted by atomic mass is 32.2. The molecule has 7 heteroatoms. The molecular weight excluding hydrogens is 364 g/mol. The number of anilines is 1. The Morgan fingerprint density at radius 2 is 2.27 bits per heavy atom. The standard InChI is InChI=1S/C19H22N4OS2/c1-4-19(2)8-13-14(11-24-19)26-17-15(13)16(22-18(23-17)25-3)21-10-12-6-5-7-20-9-12/h5-7,9H,4,8,10-11H2,1-3H3,(H,21,22,23)/t19-/m0/s1. The summed E-state index contributed by atoms with van der Waals surface area (Å²) in [5.74, 6) is 0.918. The maximum atomic E-state index is 6.12. The Morgan fingerprint density at radius 1 is 1.38 bits per heavy atom. The summed E-state index contributed by atoms with van der Waals surface area (Å²) in [7, 11) is 0. The van der Waals surface area contributed by atoms with Gasteiger partial charge in [-0.05, 0) is 36.8 Å². The molecular formula is C19H22N4OS2. The van der Waals surface area contributed by atoms with Crippen LogP contribution in [0.1, 0.15) is 36.3 Å². The van der Waals surface area contributed by atoms with E-state index in [0.717, 1.165) is 39.6 Å². The highest BCUT2D eigenvalue weighted by Gasteiger charge is 2.33. The number of fused-ring (bicyclic) bond motifs is 3. The van der Waals surface area contributed by atoms with Crippen LogP contribution in [-0.2, 0) is 24.3 Å². The third kappa shape index (κ3) is 3.31. The number of ether oxygens (including phenoxy) is 1. The van der Waals surface area contributed by atoms with Gasteiger partial charge >= 0.3 is 0 Å². The van der Waals surface area contributed by atoms with Crippen molar-refractivity contribution < 1.29 is 4.74 Å². The number of pyridine rings is 1. The zero-order valence-corrected chi connectivity index (χ0v) is 16.8. The number of thioether (sulfide) groups is 1. The molecule has 1 atom stereocenters. The van der Waals surface area contributed by atoms with Gasteiger partial charge in [-0.1, -0.05) is 24.8 Å². The summed E-state index contributed by atoms with van der Waals surface area (Å²) in [6, 6.07) is 4.02. The van der Waals surface area contributed by atoms with Crippen LogP contribution in [0.15, 0.2) is 29.7 Å². The molecule has 4 rings (SSSR count). The summed E-state index contributed by atoms with van der Waals surface area (Å²) in [5.41, 5.74) is 2.37. The van der Waals surface area contributed by atoms with E-state index >= 15 is 0 Å². The summed E-state index contributed by atoms with van der Waals surface area (Å²) in [6.45, 7) is 5.74. The lowest BCUT2D eigenvalue weighted by molar-refractivity contribution is -0.0542. The molecule has 4 heterocycles. The third-order valence-electron chi connectivity index (χ3n) is 4.93. The highest BCUT2D eigenvalue weighted by molar-refractivity contribution is 7.98. The zero-order valence-electron chi connectivity index (χ0n) is 15.2. The van der Waals surface area contributed by atoms with Gasteiger partial charge in [0.1, 0.15) is 10.6 Å². The van der Waals surface area contributed by atoms with Crippen molar-refractivity contribution in [1.82, 2.24) is 15.0 Å². The van der Waals surface area contributed by atoms with Crippen molar-refractivity contribution in [1.29, 1.82) is 0 Å². The molecule has 5 nitrogen and oxygen atoms in total. The monoisotopic (exact) mass is 386 g/mol. The van der Waals surface area contributed by atoms with Crippen LogP contribution in [0.2, 0.25) is 0 Å². The fourth-order valence-electron chi connectivity index (χ4n) is 3.19. The first-order chi connectivity index (χ1) is 12.6. The largest absolute Gasteiger partial charge is 0.369 e. The number of rotatable bonds is 5. The quantitative estimate of drug-likeness (QED) is 0.508. The molecule has 1 N–H and O–H groups in total. The van der Waals surface area contributed by atoms with Crippen LogP contribution in [0.5, 0.6) is 0 Å². The molecule has 3 aromatic rings. The average Bonchev–Trinajstić information content (AvgIpc) is 3.04. The fraction of sp³-hybridized carbons (Fsp3) is 0.421. The Morgan fingerprint density at radius 3 is 3.00 bits per heavy atom. The van der Waals surface area contributed by atoms with Gasteiger partial charge < -0.3 is 10.1 Å². The second kappa shape index (κ2) is 7.13. The molecule has 0 amide bonds. The summed E-state index contributed by atoms with van der Waals surface area (Å²) in [5, 5.41) is 5.48. The van der Waals surface area contributed by atoms with Crippen LogP contribution >= 0.6 is 23.1 Å². The minimum absolute atomic E-state index is 0.111. The molecule has 0 aliphatic carbocycles. The molecule has 0 fully saturated rings. The minimum atomic E-state index is -0.111. The molecule has 0 saturated heterocycles. The van der Waals surface area contributed by atoms with Gasteiger partial charge in [-0.2, -0.15) is 0 Å². The molecule has 1 aliphatic rings. The Balaban J connectivity index is 1.76. The number of nitrogens with one attached hydrogen (secondary N) is 1. The topological polar surface area (TPSA) is 59.9 Å². The Bertz CT molecular complexity index is 928. The van der Waals surface area contributed by atoms with Crippen molar-refractivity contribution in [2.24, 2.45) is 0 Å². The van der Waals surface area contributed by atoms with Crippen LogP contribution < -0.4 is 5.32 Å². The van der Waals surface area contributed by atoms with Gasteiger partial charge in [0.25, 0.3) is 0 Å². The summed E-state index contributed by atoms with van der Waals surface area (Å²) in [6.07, 6.45) is 7.58. The van der Waals surface area contributed by atoms with E-state index in [-0.39, 0.29) is 5.60 Å². The van der Waals surface area contributed by atoms with Gasteiger partial charge in [0.2, 0.25) is 0 Å². The van der Waals surface area contributed by atoms with Crippen molar-refractivity contribution in [3.63, 3.8) is 0 Å². The van der Waals surface area contributed by atoms with E-state index < -0.39 is 0 Å². The maximum absolute atomic E-state index is 6.12. The van der Waals surface area contributed by atoms with Crippen molar-refractivity contribution in [3.05, 3.63) is 40.5 Å². The minimum Gasteiger partial charge on any atom is -0.369 e. The molecule has 0 bridgehead atoms. The van der Waals surface area contributed by atoms with E-state index in [4.69, 9.17) is 14.7 Å². The lowest BCUT2D eigenvalue weighted by atomic mass is 9.90. The van der Waals surface area contributed by atoms with Gasteiger partial charge in [0.15, 0.2) is 5.16 Å². The van der Waals surface area contributed by atoms with E-state index in [9.17, 15) is 0 Å². The van der Waals surface area contributed by atoms with Crippen LogP contribution in [0.25, 0.3) is 10.2 Å². The first-order valence-corrected chi connectivity index (χ1v) is 10.8. The second-order valence-corrected chi connectivity index (χ2v) is 8.58. The van der Waals surface area contributed by atoms with Crippen LogP contribution in [0, 0.1) is 0 Å². The van der Waals surface area contributed by atoms with Crippen LogP contribution in [0.3, 0.4) is 0 Å². The van der Waals surface area contributed by atoms with Gasteiger partial charge in [-0.15, -0.1) is 11.3 Å². The Labute approximate surface area is 161 Å². The Kier molecular flexibility index (Phi) is 4.86. The molecule has 0 radical (unpaired) electrons. The molecule has 3 aromatic heterocycles. The first-order valence-electron chi connectivity index (χ1n) is 8.75. The number of aromatic nitrogens is 3. The third-order valence-corrected chi connectivity index (χ3v) is 6.58. The predicted molar refractivity (Wildman–Crippen MR) is 108 cm³/mol. The normalized spacial score (nSPS) is 19.5. The summed E-state index contributed by atoms with van der Waals surface area (Å²) in [4.78, 5) is 16.0. The smallest absolute Gasteiger partial charge is 0.190 e. The molecule has 136 valence electrons. The van der Waals surface area contributed by atoms with Crippen molar-refractivity contribution >= 4 is 39.1 Å². The average molecular weight is 387 g/mol. The molecule has 0 aromatic carbocycles. The predicted octanol–water partition coefficient (Wildman–Crippen LogP) is 4.66.